The number of ether oxygens (including phenoxy) is 1. The molecule has 0 amide bonds. The van der Waals surface area contributed by atoms with Crippen molar-refractivity contribution in [1.29, 1.82) is 0 Å². The Morgan fingerprint density at radius 1 is 1.35 bits per heavy atom. The van der Waals surface area contributed by atoms with E-state index in [1.54, 1.807) is 12.1 Å². The molecule has 1 aromatic heterocycles. The SMILES string of the molecule is CCC(N)Cc1cccc(F)c1OCc1ccc(Cl)s1. The van der Waals surface area contributed by atoms with E-state index in [2.05, 4.69) is 0 Å². The summed E-state index contributed by atoms with van der Waals surface area (Å²) < 4.78 is 20.3. The Kier molecular flexibility index (Phi) is 5.40. The lowest BCUT2D eigenvalue weighted by Gasteiger charge is -2.14. The Morgan fingerprint density at radius 3 is 2.80 bits per heavy atom. The van der Waals surface area contributed by atoms with E-state index in [-0.39, 0.29) is 11.9 Å². The quantitative estimate of drug-likeness (QED) is 0.858. The summed E-state index contributed by atoms with van der Waals surface area (Å²) in [5.74, 6) is -0.0608. The number of rotatable bonds is 6. The lowest BCUT2D eigenvalue weighted by Crippen LogP contribution is -2.21. The van der Waals surface area contributed by atoms with Crippen molar-refractivity contribution in [2.75, 3.05) is 0 Å². The van der Waals surface area contributed by atoms with Crippen molar-refractivity contribution in [2.45, 2.75) is 32.4 Å². The maximum absolute atomic E-state index is 13.9. The van der Waals surface area contributed by atoms with Crippen LogP contribution in [0.5, 0.6) is 5.75 Å². The number of hydrogen-bond donors (Lipinski definition) is 1. The number of hydrogen-bond acceptors (Lipinski definition) is 3. The van der Waals surface area contributed by atoms with Gasteiger partial charge in [0.25, 0.3) is 0 Å². The number of benzene rings is 1. The van der Waals surface area contributed by atoms with Crippen molar-refractivity contribution >= 4 is 22.9 Å². The molecule has 2 nitrogen and oxygen atoms in total. The van der Waals surface area contributed by atoms with Crippen LogP contribution in [0.25, 0.3) is 0 Å². The second kappa shape index (κ2) is 7.07. The third kappa shape index (κ3) is 3.95. The molecule has 0 bridgehead atoms. The van der Waals surface area contributed by atoms with Crippen LogP contribution < -0.4 is 10.5 Å². The van der Waals surface area contributed by atoms with Crippen LogP contribution in [0.3, 0.4) is 0 Å². The number of thiophene rings is 1. The van der Waals surface area contributed by atoms with Crippen LogP contribution in [-0.2, 0) is 13.0 Å². The van der Waals surface area contributed by atoms with Crippen molar-refractivity contribution < 1.29 is 9.13 Å². The van der Waals surface area contributed by atoms with Gasteiger partial charge >= 0.3 is 0 Å². The highest BCUT2D eigenvalue weighted by molar-refractivity contribution is 7.16. The predicted molar refractivity (Wildman–Crippen MR) is 82.0 cm³/mol. The molecule has 0 spiro atoms. The highest BCUT2D eigenvalue weighted by Crippen LogP contribution is 2.27. The Bertz CT molecular complexity index is 573. The molecule has 0 radical (unpaired) electrons. The molecule has 1 heterocycles. The van der Waals surface area contributed by atoms with E-state index >= 15 is 0 Å². The van der Waals surface area contributed by atoms with E-state index in [1.165, 1.54) is 17.4 Å². The fraction of sp³-hybridized carbons (Fsp3) is 0.333. The van der Waals surface area contributed by atoms with Gasteiger partial charge in [-0.05, 0) is 36.6 Å². The molecule has 108 valence electrons. The lowest BCUT2D eigenvalue weighted by atomic mass is 10.0. The predicted octanol–water partition coefficient (Wildman–Crippen LogP) is 4.40. The smallest absolute Gasteiger partial charge is 0.165 e. The maximum Gasteiger partial charge on any atom is 0.165 e. The normalized spacial score (nSPS) is 12.4. The maximum atomic E-state index is 13.9. The Labute approximate surface area is 127 Å². The van der Waals surface area contributed by atoms with Crippen LogP contribution in [0, 0.1) is 5.82 Å². The lowest BCUT2D eigenvalue weighted by molar-refractivity contribution is 0.289. The zero-order valence-electron chi connectivity index (χ0n) is 11.2. The molecule has 1 atom stereocenters. The van der Waals surface area contributed by atoms with Gasteiger partial charge < -0.3 is 10.5 Å². The zero-order chi connectivity index (χ0) is 14.5. The molecule has 0 fully saturated rings. The third-order valence-corrected chi connectivity index (χ3v) is 4.25. The van der Waals surface area contributed by atoms with Gasteiger partial charge in [0.2, 0.25) is 0 Å². The molecule has 0 aliphatic rings. The summed E-state index contributed by atoms with van der Waals surface area (Å²) in [5, 5.41) is 0. The van der Waals surface area contributed by atoms with E-state index in [0.29, 0.717) is 23.1 Å². The average molecular weight is 314 g/mol. The molecule has 2 N–H and O–H groups in total. The Hall–Kier alpha value is -1.10. The molecule has 2 rings (SSSR count). The van der Waals surface area contributed by atoms with Gasteiger partial charge in [-0.3, -0.25) is 0 Å². The van der Waals surface area contributed by atoms with Crippen molar-refractivity contribution in [3.63, 3.8) is 0 Å². The monoisotopic (exact) mass is 313 g/mol. The molecular weight excluding hydrogens is 297 g/mol. The van der Waals surface area contributed by atoms with Crippen molar-refractivity contribution in [3.05, 3.63) is 50.9 Å². The topological polar surface area (TPSA) is 35.2 Å². The fourth-order valence-corrected chi connectivity index (χ4v) is 2.88. The number of halogens is 2. The van der Waals surface area contributed by atoms with E-state index in [1.807, 2.05) is 19.1 Å². The largest absolute Gasteiger partial charge is 0.485 e. The highest BCUT2D eigenvalue weighted by Gasteiger charge is 2.13. The zero-order valence-corrected chi connectivity index (χ0v) is 12.8. The van der Waals surface area contributed by atoms with Gasteiger partial charge in [-0.25, -0.2) is 4.39 Å². The van der Waals surface area contributed by atoms with E-state index < -0.39 is 0 Å². The minimum Gasteiger partial charge on any atom is -0.485 e. The summed E-state index contributed by atoms with van der Waals surface area (Å²) in [6.07, 6.45) is 1.45. The van der Waals surface area contributed by atoms with E-state index in [0.717, 1.165) is 16.9 Å². The van der Waals surface area contributed by atoms with Gasteiger partial charge in [-0.1, -0.05) is 30.7 Å². The van der Waals surface area contributed by atoms with Crippen LogP contribution >= 0.6 is 22.9 Å². The summed E-state index contributed by atoms with van der Waals surface area (Å²) in [6, 6.07) is 8.63. The minimum absolute atomic E-state index is 0.00957. The van der Waals surface area contributed by atoms with Gasteiger partial charge in [0, 0.05) is 10.9 Å². The summed E-state index contributed by atoms with van der Waals surface area (Å²) in [5.41, 5.74) is 6.75. The summed E-state index contributed by atoms with van der Waals surface area (Å²) in [6.45, 7) is 2.32. The van der Waals surface area contributed by atoms with E-state index in [9.17, 15) is 4.39 Å². The standard InChI is InChI=1S/C15H17ClFNOS/c1-2-11(18)8-10-4-3-5-13(17)15(10)19-9-12-6-7-14(16)20-12/h3-7,11H,2,8-9,18H2,1H3. The molecular formula is C15H17ClFNOS. The van der Waals surface area contributed by atoms with Crippen molar-refractivity contribution in [1.82, 2.24) is 0 Å². The molecule has 20 heavy (non-hydrogen) atoms. The van der Waals surface area contributed by atoms with Gasteiger partial charge in [0.15, 0.2) is 11.6 Å². The number of nitrogens with two attached hydrogens (primary N) is 1. The van der Waals surface area contributed by atoms with Gasteiger partial charge in [-0.2, -0.15) is 0 Å². The minimum atomic E-state index is -0.353. The average Bonchev–Trinajstić information content (AvgIpc) is 2.83. The Morgan fingerprint density at radius 2 is 2.15 bits per heavy atom. The highest BCUT2D eigenvalue weighted by atomic mass is 35.5. The molecule has 2 aromatic rings. The summed E-state index contributed by atoms with van der Waals surface area (Å²) in [7, 11) is 0. The van der Waals surface area contributed by atoms with Crippen LogP contribution in [-0.4, -0.2) is 6.04 Å². The molecule has 1 unspecified atom stereocenters. The molecule has 1 aromatic carbocycles. The first kappa shape index (κ1) is 15.3. The number of para-hydroxylation sites is 1. The molecule has 0 saturated carbocycles. The molecule has 0 saturated heterocycles. The third-order valence-electron chi connectivity index (χ3n) is 3.04. The molecule has 0 aliphatic carbocycles. The van der Waals surface area contributed by atoms with Gasteiger partial charge in [0.1, 0.15) is 6.61 Å². The van der Waals surface area contributed by atoms with Crippen molar-refractivity contribution in [2.24, 2.45) is 5.73 Å². The summed E-state index contributed by atoms with van der Waals surface area (Å²) in [4.78, 5) is 0.962. The van der Waals surface area contributed by atoms with Gasteiger partial charge in [-0.15, -0.1) is 11.3 Å². The van der Waals surface area contributed by atoms with Crippen LogP contribution in [0.2, 0.25) is 4.34 Å². The van der Waals surface area contributed by atoms with Crippen LogP contribution in [0.1, 0.15) is 23.8 Å². The van der Waals surface area contributed by atoms with Crippen LogP contribution in [0.4, 0.5) is 4.39 Å². The summed E-state index contributed by atoms with van der Waals surface area (Å²) >= 11 is 7.30. The first-order valence-electron chi connectivity index (χ1n) is 6.50. The molecule has 5 heteroatoms. The molecule has 0 aliphatic heterocycles. The van der Waals surface area contributed by atoms with E-state index in [4.69, 9.17) is 22.1 Å². The van der Waals surface area contributed by atoms with Gasteiger partial charge in [0.05, 0.1) is 4.34 Å². The van der Waals surface area contributed by atoms with Crippen LogP contribution in [0.15, 0.2) is 30.3 Å². The second-order valence-corrected chi connectivity index (χ2v) is 6.39. The Balaban J connectivity index is 2.12. The fourth-order valence-electron chi connectivity index (χ4n) is 1.88. The van der Waals surface area contributed by atoms with Crippen molar-refractivity contribution in [3.8, 4) is 5.75 Å². The first-order chi connectivity index (χ1) is 9.60. The first-order valence-corrected chi connectivity index (χ1v) is 7.69. The second-order valence-electron chi connectivity index (χ2n) is 4.60.